The van der Waals surface area contributed by atoms with Crippen LogP contribution in [0.1, 0.15) is 24.8 Å². The summed E-state index contributed by atoms with van der Waals surface area (Å²) in [7, 11) is 0. The minimum absolute atomic E-state index is 0.839. The number of nitrogens with zero attached hydrogens (tertiary/aromatic N) is 2. The molecule has 0 aliphatic heterocycles. The van der Waals surface area contributed by atoms with Crippen LogP contribution in [-0.2, 0) is 6.54 Å². The molecule has 1 aromatic heterocycles. The first-order chi connectivity index (χ1) is 8.90. The summed E-state index contributed by atoms with van der Waals surface area (Å²) in [5, 5.41) is 7.77. The molecule has 94 valence electrons. The van der Waals surface area contributed by atoms with E-state index in [-0.39, 0.29) is 0 Å². The summed E-state index contributed by atoms with van der Waals surface area (Å²) in [6.45, 7) is 1.96. The average molecular weight is 241 g/mol. The maximum absolute atomic E-state index is 4.23. The summed E-state index contributed by atoms with van der Waals surface area (Å²) in [4.78, 5) is 0. The molecule has 0 spiro atoms. The Kier molecular flexibility index (Phi) is 3.31. The molecule has 1 heterocycles. The molecule has 2 aromatic rings. The number of rotatable bonds is 5. The molecule has 3 heteroatoms. The summed E-state index contributed by atoms with van der Waals surface area (Å²) >= 11 is 0. The molecular formula is C15H19N3. The van der Waals surface area contributed by atoms with Gasteiger partial charge in [-0.15, -0.1) is 0 Å². The molecule has 0 radical (unpaired) electrons. The number of hydrogen-bond donors (Lipinski definition) is 1. The smallest absolute Gasteiger partial charge is 0.0660 e. The summed E-state index contributed by atoms with van der Waals surface area (Å²) in [5.74, 6) is 0.889. The van der Waals surface area contributed by atoms with Crippen LogP contribution in [0.3, 0.4) is 0 Å². The zero-order valence-corrected chi connectivity index (χ0v) is 10.5. The van der Waals surface area contributed by atoms with Gasteiger partial charge in [-0.1, -0.05) is 18.6 Å². The molecule has 0 unspecified atom stereocenters. The van der Waals surface area contributed by atoms with Crippen molar-refractivity contribution < 1.29 is 0 Å². The molecule has 1 aliphatic rings. The molecule has 0 atom stereocenters. The van der Waals surface area contributed by atoms with Crippen LogP contribution in [0.25, 0.3) is 0 Å². The Hall–Kier alpha value is -1.77. The van der Waals surface area contributed by atoms with Gasteiger partial charge in [0.05, 0.1) is 6.54 Å². The third-order valence-corrected chi connectivity index (χ3v) is 3.65. The molecule has 18 heavy (non-hydrogen) atoms. The Balaban J connectivity index is 1.61. The molecular weight excluding hydrogens is 222 g/mol. The lowest BCUT2D eigenvalue weighted by Gasteiger charge is -2.25. The molecule has 0 bridgehead atoms. The molecule has 0 amide bonds. The van der Waals surface area contributed by atoms with E-state index in [2.05, 4.69) is 34.7 Å². The van der Waals surface area contributed by atoms with Crippen LogP contribution < -0.4 is 5.32 Å². The van der Waals surface area contributed by atoms with Crippen molar-refractivity contribution in [3.8, 4) is 0 Å². The molecule has 1 fully saturated rings. The third-order valence-electron chi connectivity index (χ3n) is 3.65. The van der Waals surface area contributed by atoms with Crippen molar-refractivity contribution in [1.82, 2.24) is 9.78 Å². The van der Waals surface area contributed by atoms with Crippen LogP contribution in [0.2, 0.25) is 0 Å². The van der Waals surface area contributed by atoms with E-state index in [1.54, 1.807) is 0 Å². The first-order valence-electron chi connectivity index (χ1n) is 6.70. The summed E-state index contributed by atoms with van der Waals surface area (Å²) < 4.78 is 1.95. The highest BCUT2D eigenvalue weighted by Gasteiger charge is 2.16. The van der Waals surface area contributed by atoms with Crippen LogP contribution in [0.15, 0.2) is 42.7 Å². The Morgan fingerprint density at radius 2 is 2.22 bits per heavy atom. The average Bonchev–Trinajstić information content (AvgIpc) is 2.80. The third kappa shape index (κ3) is 2.73. The van der Waals surface area contributed by atoms with Crippen molar-refractivity contribution in [3.05, 3.63) is 48.3 Å². The van der Waals surface area contributed by atoms with E-state index in [1.165, 1.54) is 30.5 Å². The number of anilines is 1. The second-order valence-corrected chi connectivity index (χ2v) is 5.08. The fourth-order valence-corrected chi connectivity index (χ4v) is 2.32. The number of hydrogen-bond acceptors (Lipinski definition) is 2. The summed E-state index contributed by atoms with van der Waals surface area (Å²) in [5.41, 5.74) is 2.52. The first kappa shape index (κ1) is 11.3. The van der Waals surface area contributed by atoms with E-state index >= 15 is 0 Å². The van der Waals surface area contributed by atoms with Crippen molar-refractivity contribution in [3.63, 3.8) is 0 Å². The SMILES string of the molecule is c1cc(Cn2cccn2)cc(NCC2CCC2)c1. The van der Waals surface area contributed by atoms with Gasteiger partial charge in [0.1, 0.15) is 0 Å². The van der Waals surface area contributed by atoms with Gasteiger partial charge < -0.3 is 5.32 Å². The van der Waals surface area contributed by atoms with E-state index < -0.39 is 0 Å². The number of aromatic nitrogens is 2. The van der Waals surface area contributed by atoms with Crippen molar-refractivity contribution in [2.24, 2.45) is 5.92 Å². The minimum atomic E-state index is 0.839. The largest absolute Gasteiger partial charge is 0.385 e. The van der Waals surface area contributed by atoms with Gasteiger partial charge in [0.2, 0.25) is 0 Å². The fraction of sp³-hybridized carbons (Fsp3) is 0.400. The van der Waals surface area contributed by atoms with E-state index in [9.17, 15) is 0 Å². The van der Waals surface area contributed by atoms with Crippen LogP contribution in [0.4, 0.5) is 5.69 Å². The number of nitrogens with one attached hydrogen (secondary N) is 1. The van der Waals surface area contributed by atoms with Gasteiger partial charge in [0, 0.05) is 24.6 Å². The highest BCUT2D eigenvalue weighted by molar-refractivity contribution is 5.45. The zero-order valence-electron chi connectivity index (χ0n) is 10.5. The van der Waals surface area contributed by atoms with Crippen molar-refractivity contribution in [1.29, 1.82) is 0 Å². The van der Waals surface area contributed by atoms with Crippen molar-refractivity contribution in [2.75, 3.05) is 11.9 Å². The summed E-state index contributed by atoms with van der Waals surface area (Å²) in [6.07, 6.45) is 8.00. The molecule has 1 aromatic carbocycles. The lowest BCUT2D eigenvalue weighted by molar-refractivity contribution is 0.333. The number of benzene rings is 1. The van der Waals surface area contributed by atoms with Gasteiger partial charge in [-0.2, -0.15) is 5.10 Å². The zero-order chi connectivity index (χ0) is 12.2. The predicted octanol–water partition coefficient (Wildman–Crippen LogP) is 3.14. The fourth-order valence-electron chi connectivity index (χ4n) is 2.32. The van der Waals surface area contributed by atoms with Gasteiger partial charge >= 0.3 is 0 Å². The van der Waals surface area contributed by atoms with Gasteiger partial charge in [-0.25, -0.2) is 0 Å². The highest BCUT2D eigenvalue weighted by atomic mass is 15.3. The van der Waals surface area contributed by atoms with Crippen LogP contribution in [0.5, 0.6) is 0 Å². The van der Waals surface area contributed by atoms with E-state index in [1.807, 2.05) is 23.1 Å². The predicted molar refractivity (Wildman–Crippen MR) is 73.6 cm³/mol. The Morgan fingerprint density at radius 1 is 1.28 bits per heavy atom. The van der Waals surface area contributed by atoms with Crippen LogP contribution in [0, 0.1) is 5.92 Å². The Labute approximate surface area is 108 Å². The Bertz CT molecular complexity index is 486. The second kappa shape index (κ2) is 5.25. The van der Waals surface area contributed by atoms with E-state index in [0.717, 1.165) is 19.0 Å². The maximum atomic E-state index is 4.23. The van der Waals surface area contributed by atoms with Crippen molar-refractivity contribution in [2.45, 2.75) is 25.8 Å². The van der Waals surface area contributed by atoms with Crippen LogP contribution in [-0.4, -0.2) is 16.3 Å². The summed E-state index contributed by atoms with van der Waals surface area (Å²) in [6, 6.07) is 10.6. The van der Waals surface area contributed by atoms with E-state index in [0.29, 0.717) is 0 Å². The van der Waals surface area contributed by atoms with Gasteiger partial charge in [-0.3, -0.25) is 4.68 Å². The second-order valence-electron chi connectivity index (χ2n) is 5.08. The van der Waals surface area contributed by atoms with E-state index in [4.69, 9.17) is 0 Å². The van der Waals surface area contributed by atoms with Gasteiger partial charge in [0.25, 0.3) is 0 Å². The van der Waals surface area contributed by atoms with Gasteiger partial charge in [-0.05, 0) is 42.5 Å². The van der Waals surface area contributed by atoms with Gasteiger partial charge in [0.15, 0.2) is 0 Å². The first-order valence-corrected chi connectivity index (χ1v) is 6.70. The Morgan fingerprint density at radius 3 is 2.94 bits per heavy atom. The van der Waals surface area contributed by atoms with Crippen molar-refractivity contribution >= 4 is 5.69 Å². The lowest BCUT2D eigenvalue weighted by atomic mass is 9.85. The molecule has 3 rings (SSSR count). The molecule has 3 nitrogen and oxygen atoms in total. The normalized spacial score (nSPS) is 15.3. The van der Waals surface area contributed by atoms with Crippen LogP contribution >= 0.6 is 0 Å². The lowest BCUT2D eigenvalue weighted by Crippen LogP contribution is -2.20. The molecule has 1 saturated carbocycles. The highest BCUT2D eigenvalue weighted by Crippen LogP contribution is 2.26. The maximum Gasteiger partial charge on any atom is 0.0660 e. The standard InChI is InChI=1S/C15H19N3/c1-4-13(5-1)11-16-15-7-2-6-14(10-15)12-18-9-3-8-17-18/h2-3,6-10,13,16H,1,4-5,11-12H2. The molecule has 1 N–H and O–H groups in total. The minimum Gasteiger partial charge on any atom is -0.385 e. The molecule has 1 aliphatic carbocycles. The topological polar surface area (TPSA) is 29.9 Å². The quantitative estimate of drug-likeness (QED) is 0.871. The molecule has 0 saturated heterocycles. The monoisotopic (exact) mass is 241 g/mol.